The maximum absolute atomic E-state index is 6.03. The van der Waals surface area contributed by atoms with Crippen LogP contribution in [0.2, 0.25) is 0 Å². The molecule has 0 spiro atoms. The van der Waals surface area contributed by atoms with Gasteiger partial charge in [0.15, 0.2) is 0 Å². The number of nitrogens with zero attached hydrogens (tertiary/aromatic N) is 3. The second kappa shape index (κ2) is 5.00. The topological polar surface area (TPSA) is 73.9 Å². The molecule has 0 radical (unpaired) electrons. The lowest BCUT2D eigenvalue weighted by Gasteiger charge is -2.09. The molecule has 16 heavy (non-hydrogen) atoms. The van der Waals surface area contributed by atoms with Crippen molar-refractivity contribution < 1.29 is 4.74 Å². The Bertz CT molecular complexity index is 446. The summed E-state index contributed by atoms with van der Waals surface area (Å²) in [7, 11) is 1.57. The first kappa shape index (κ1) is 11.0. The van der Waals surface area contributed by atoms with Crippen LogP contribution in [0.1, 0.15) is 16.7 Å². The zero-order valence-electron chi connectivity index (χ0n) is 8.83. The Kier molecular flexibility index (Phi) is 3.43. The van der Waals surface area contributed by atoms with Gasteiger partial charge in [0.2, 0.25) is 5.88 Å². The molecule has 0 aliphatic rings. The molecule has 0 aromatic carbocycles. The van der Waals surface area contributed by atoms with E-state index in [2.05, 4.69) is 15.0 Å². The number of hydrogen-bond donors (Lipinski definition) is 1. The first-order valence-corrected chi connectivity index (χ1v) is 5.67. The first-order valence-electron chi connectivity index (χ1n) is 4.79. The lowest BCUT2D eigenvalue weighted by molar-refractivity contribution is 0.395. The van der Waals surface area contributed by atoms with Crippen LogP contribution in [-0.4, -0.2) is 22.1 Å². The van der Waals surface area contributed by atoms with Crippen molar-refractivity contribution >= 4 is 11.3 Å². The van der Waals surface area contributed by atoms with Crippen molar-refractivity contribution in [2.45, 2.75) is 12.5 Å². The zero-order valence-corrected chi connectivity index (χ0v) is 9.65. The Balaban J connectivity index is 2.11. The highest BCUT2D eigenvalue weighted by Gasteiger charge is 2.11. The predicted molar refractivity (Wildman–Crippen MR) is 61.3 cm³/mol. The van der Waals surface area contributed by atoms with Crippen molar-refractivity contribution in [3.8, 4) is 5.88 Å². The van der Waals surface area contributed by atoms with Crippen molar-refractivity contribution in [2.24, 2.45) is 5.73 Å². The van der Waals surface area contributed by atoms with Gasteiger partial charge in [-0.1, -0.05) is 0 Å². The van der Waals surface area contributed by atoms with Crippen LogP contribution < -0.4 is 10.5 Å². The molecule has 84 valence electrons. The minimum atomic E-state index is -0.178. The number of hydrogen-bond acceptors (Lipinski definition) is 6. The van der Waals surface area contributed by atoms with E-state index in [0.29, 0.717) is 12.3 Å². The average Bonchev–Trinajstić information content (AvgIpc) is 2.82. The molecule has 2 rings (SSSR count). The van der Waals surface area contributed by atoms with Gasteiger partial charge in [-0.25, -0.2) is 15.0 Å². The summed E-state index contributed by atoms with van der Waals surface area (Å²) in [5.41, 5.74) is 6.80. The molecular weight excluding hydrogens is 224 g/mol. The number of methoxy groups -OCH3 is 1. The summed E-state index contributed by atoms with van der Waals surface area (Å²) in [4.78, 5) is 12.3. The van der Waals surface area contributed by atoms with Crippen LogP contribution in [0.5, 0.6) is 5.88 Å². The summed E-state index contributed by atoms with van der Waals surface area (Å²) in [6, 6.07) is 1.57. The minimum absolute atomic E-state index is 0.178. The molecule has 2 heterocycles. The van der Waals surface area contributed by atoms with Gasteiger partial charge in [-0.3, -0.25) is 0 Å². The quantitative estimate of drug-likeness (QED) is 0.863. The fraction of sp³-hybridized carbons (Fsp3) is 0.300. The fourth-order valence-electron chi connectivity index (χ4n) is 1.31. The third-order valence-corrected chi connectivity index (χ3v) is 2.93. The van der Waals surface area contributed by atoms with Crippen molar-refractivity contribution in [3.05, 3.63) is 34.7 Å². The highest BCUT2D eigenvalue weighted by Crippen LogP contribution is 2.17. The molecule has 0 saturated carbocycles. The minimum Gasteiger partial charge on any atom is -0.481 e. The van der Waals surface area contributed by atoms with Gasteiger partial charge in [0.25, 0.3) is 0 Å². The van der Waals surface area contributed by atoms with E-state index in [-0.39, 0.29) is 6.04 Å². The lowest BCUT2D eigenvalue weighted by Crippen LogP contribution is -2.15. The first-order chi connectivity index (χ1) is 7.79. The number of thiazole rings is 1. The third kappa shape index (κ3) is 2.53. The van der Waals surface area contributed by atoms with Crippen LogP contribution in [0.4, 0.5) is 0 Å². The Hall–Kier alpha value is -1.53. The van der Waals surface area contributed by atoms with Gasteiger partial charge in [-0.2, -0.15) is 0 Å². The summed E-state index contributed by atoms with van der Waals surface area (Å²) in [5, 5.41) is 2.94. The second-order valence-corrected chi connectivity index (χ2v) is 4.20. The molecule has 1 unspecified atom stereocenters. The number of ether oxygens (including phenoxy) is 1. The molecule has 5 nitrogen and oxygen atoms in total. The summed E-state index contributed by atoms with van der Waals surface area (Å²) in [6.07, 6.45) is 3.90. The van der Waals surface area contributed by atoms with Crippen LogP contribution in [0.15, 0.2) is 24.0 Å². The van der Waals surface area contributed by atoms with E-state index in [1.807, 2.05) is 5.38 Å². The van der Waals surface area contributed by atoms with Crippen molar-refractivity contribution in [3.63, 3.8) is 0 Å². The van der Waals surface area contributed by atoms with Crippen LogP contribution in [-0.2, 0) is 6.42 Å². The molecule has 2 aromatic rings. The van der Waals surface area contributed by atoms with E-state index in [4.69, 9.17) is 10.5 Å². The van der Waals surface area contributed by atoms with Gasteiger partial charge in [-0.05, 0) is 0 Å². The molecule has 2 N–H and O–H groups in total. The van der Waals surface area contributed by atoms with E-state index < -0.39 is 0 Å². The highest BCUT2D eigenvalue weighted by molar-refractivity contribution is 7.09. The maximum Gasteiger partial charge on any atom is 0.216 e. The molecule has 0 aliphatic heterocycles. The van der Waals surface area contributed by atoms with Crippen molar-refractivity contribution in [1.29, 1.82) is 0 Å². The van der Waals surface area contributed by atoms with Gasteiger partial charge < -0.3 is 10.5 Å². The molecule has 0 aliphatic carbocycles. The molecule has 0 bridgehead atoms. The Morgan fingerprint density at radius 2 is 2.31 bits per heavy atom. The van der Waals surface area contributed by atoms with Gasteiger partial charge in [0.1, 0.15) is 6.33 Å². The van der Waals surface area contributed by atoms with E-state index in [1.54, 1.807) is 30.7 Å². The monoisotopic (exact) mass is 236 g/mol. The van der Waals surface area contributed by atoms with Gasteiger partial charge in [0.05, 0.1) is 23.9 Å². The van der Waals surface area contributed by atoms with Crippen LogP contribution in [0.25, 0.3) is 0 Å². The molecular formula is C10H12N4OS. The Morgan fingerprint density at radius 1 is 1.44 bits per heavy atom. The van der Waals surface area contributed by atoms with E-state index in [1.165, 1.54) is 6.33 Å². The highest BCUT2D eigenvalue weighted by atomic mass is 32.1. The summed E-state index contributed by atoms with van der Waals surface area (Å²) < 4.78 is 5.02. The fourth-order valence-corrected chi connectivity index (χ4v) is 1.99. The molecule has 0 fully saturated rings. The van der Waals surface area contributed by atoms with E-state index >= 15 is 0 Å². The lowest BCUT2D eigenvalue weighted by atomic mass is 10.1. The van der Waals surface area contributed by atoms with Crippen LogP contribution in [0, 0.1) is 0 Å². The summed E-state index contributed by atoms with van der Waals surface area (Å²) >= 11 is 1.59. The Labute approximate surface area is 97.3 Å². The average molecular weight is 236 g/mol. The summed E-state index contributed by atoms with van der Waals surface area (Å²) in [6.45, 7) is 0. The number of nitrogens with two attached hydrogens (primary N) is 1. The maximum atomic E-state index is 6.03. The normalized spacial score (nSPS) is 12.4. The zero-order chi connectivity index (χ0) is 11.4. The second-order valence-electron chi connectivity index (χ2n) is 3.22. The van der Waals surface area contributed by atoms with Gasteiger partial charge in [0, 0.05) is 24.1 Å². The number of aromatic nitrogens is 3. The van der Waals surface area contributed by atoms with E-state index in [9.17, 15) is 0 Å². The van der Waals surface area contributed by atoms with E-state index in [0.717, 1.165) is 10.7 Å². The van der Waals surface area contributed by atoms with Gasteiger partial charge in [-0.15, -0.1) is 11.3 Å². The molecule has 0 saturated heterocycles. The van der Waals surface area contributed by atoms with Crippen molar-refractivity contribution in [1.82, 2.24) is 15.0 Å². The standard InChI is InChI=1S/C10H12N4OS/c1-15-9-5-8(13-6-14-9)7(11)4-10-12-2-3-16-10/h2-3,5-7H,4,11H2,1H3. The van der Waals surface area contributed by atoms with Crippen LogP contribution in [0.3, 0.4) is 0 Å². The van der Waals surface area contributed by atoms with Crippen LogP contribution >= 0.6 is 11.3 Å². The Morgan fingerprint density at radius 3 is 3.00 bits per heavy atom. The smallest absolute Gasteiger partial charge is 0.216 e. The molecule has 1 atom stereocenters. The third-order valence-electron chi connectivity index (χ3n) is 2.13. The predicted octanol–water partition coefficient (Wildman–Crippen LogP) is 1.18. The summed E-state index contributed by atoms with van der Waals surface area (Å²) in [5.74, 6) is 0.527. The molecule has 2 aromatic heterocycles. The SMILES string of the molecule is COc1cc(C(N)Cc2nccs2)ncn1. The molecule has 0 amide bonds. The van der Waals surface area contributed by atoms with Gasteiger partial charge >= 0.3 is 0 Å². The molecule has 6 heteroatoms. The van der Waals surface area contributed by atoms with Crippen molar-refractivity contribution in [2.75, 3.05) is 7.11 Å². The largest absolute Gasteiger partial charge is 0.481 e. The number of rotatable bonds is 4.